The summed E-state index contributed by atoms with van der Waals surface area (Å²) in [5, 5.41) is 10.1. The third kappa shape index (κ3) is 13.6. The molecule has 0 amide bonds. The van der Waals surface area contributed by atoms with E-state index in [2.05, 4.69) is 90.2 Å². The van der Waals surface area contributed by atoms with Crippen LogP contribution in [-0.4, -0.2) is 17.5 Å². The van der Waals surface area contributed by atoms with Gasteiger partial charge in [-0.3, -0.25) is 4.79 Å². The van der Waals surface area contributed by atoms with Crippen molar-refractivity contribution in [2.24, 2.45) is 5.41 Å². The summed E-state index contributed by atoms with van der Waals surface area (Å²) in [4.78, 5) is 10.6. The van der Waals surface area contributed by atoms with E-state index in [0.29, 0.717) is 5.57 Å². The van der Waals surface area contributed by atoms with Crippen molar-refractivity contribution in [3.63, 3.8) is 0 Å². The highest BCUT2D eigenvalue weighted by Crippen LogP contribution is 2.41. The molecular formula is C35H46O2. The molecule has 2 nitrogen and oxygen atoms in total. The molecule has 1 aliphatic carbocycles. The van der Waals surface area contributed by atoms with E-state index >= 15 is 0 Å². The lowest BCUT2D eigenvalue weighted by atomic mass is 9.71. The molecule has 0 unspecified atom stereocenters. The Morgan fingerprint density at radius 2 is 1.11 bits per heavy atom. The lowest BCUT2D eigenvalue weighted by Gasteiger charge is -2.35. The molecule has 0 fully saturated rings. The average molecular weight is 499 g/mol. The number of aliphatic hydroxyl groups excluding tert-OH is 1. The van der Waals surface area contributed by atoms with E-state index in [1.165, 1.54) is 22.3 Å². The Morgan fingerprint density at radius 1 is 0.703 bits per heavy atom. The van der Waals surface area contributed by atoms with E-state index < -0.39 is 0 Å². The van der Waals surface area contributed by atoms with Gasteiger partial charge in [0.1, 0.15) is 6.29 Å². The van der Waals surface area contributed by atoms with Crippen LogP contribution in [0.5, 0.6) is 0 Å². The first-order valence-corrected chi connectivity index (χ1v) is 13.0. The van der Waals surface area contributed by atoms with Crippen LogP contribution in [-0.2, 0) is 4.79 Å². The second-order valence-corrected chi connectivity index (χ2v) is 10.6. The van der Waals surface area contributed by atoms with Gasteiger partial charge in [-0.2, -0.15) is 0 Å². The Morgan fingerprint density at radius 3 is 1.54 bits per heavy atom. The van der Waals surface area contributed by atoms with Crippen LogP contribution >= 0.6 is 0 Å². The first-order valence-electron chi connectivity index (χ1n) is 13.0. The maximum Gasteiger partial charge on any atom is 0.145 e. The average Bonchev–Trinajstić information content (AvgIpc) is 2.80. The van der Waals surface area contributed by atoms with E-state index in [4.69, 9.17) is 0 Å². The maximum absolute atomic E-state index is 10.6. The van der Waals surface area contributed by atoms with Gasteiger partial charge in [0.15, 0.2) is 0 Å². The van der Waals surface area contributed by atoms with Crippen LogP contribution in [0.1, 0.15) is 68.2 Å². The molecule has 0 aromatic heterocycles. The Bertz CT molecular complexity index is 1120. The second-order valence-electron chi connectivity index (χ2n) is 10.6. The minimum absolute atomic E-state index is 0.00483. The fraction of sp³-hybridized carbons (Fsp3) is 0.343. The highest BCUT2D eigenvalue weighted by molar-refractivity contribution is 5.72. The molecular weight excluding hydrogens is 452 g/mol. The summed E-state index contributed by atoms with van der Waals surface area (Å²) in [6, 6.07) is 0. The molecule has 0 heterocycles. The molecule has 0 bridgehead atoms. The van der Waals surface area contributed by atoms with Crippen LogP contribution in [0, 0.1) is 5.41 Å². The van der Waals surface area contributed by atoms with Gasteiger partial charge in [-0.1, -0.05) is 133 Å². The smallest absolute Gasteiger partial charge is 0.145 e. The van der Waals surface area contributed by atoms with Gasteiger partial charge in [-0.05, 0) is 70.9 Å². The molecule has 198 valence electrons. The molecule has 1 N–H and O–H groups in total. The van der Waals surface area contributed by atoms with Gasteiger partial charge in [0, 0.05) is 0 Å². The molecule has 2 heteroatoms. The largest absolute Gasteiger partial charge is 0.393 e. The van der Waals surface area contributed by atoms with Gasteiger partial charge in [0.05, 0.1) is 6.10 Å². The predicted molar refractivity (Wildman–Crippen MR) is 162 cm³/mol. The van der Waals surface area contributed by atoms with Gasteiger partial charge in [0.25, 0.3) is 0 Å². The molecule has 1 rings (SSSR count). The monoisotopic (exact) mass is 498 g/mol. The highest BCUT2D eigenvalue weighted by Gasteiger charge is 2.31. The lowest BCUT2D eigenvalue weighted by Crippen LogP contribution is -2.28. The highest BCUT2D eigenvalue weighted by atomic mass is 16.3. The zero-order chi connectivity index (χ0) is 27.8. The van der Waals surface area contributed by atoms with E-state index in [1.54, 1.807) is 13.0 Å². The number of aliphatic hydroxyl groups is 1. The van der Waals surface area contributed by atoms with Crippen LogP contribution in [0.25, 0.3) is 0 Å². The van der Waals surface area contributed by atoms with Crippen molar-refractivity contribution in [3.8, 4) is 0 Å². The molecule has 1 aliphatic rings. The summed E-state index contributed by atoms with van der Waals surface area (Å²) in [6.45, 7) is 16.6. The number of carbonyl (C=O) groups excluding carboxylic acids is 1. The van der Waals surface area contributed by atoms with E-state index in [9.17, 15) is 9.90 Å². The fourth-order valence-corrected chi connectivity index (χ4v) is 4.13. The first kappa shape index (κ1) is 31.8. The fourth-order valence-electron chi connectivity index (χ4n) is 4.13. The zero-order valence-electron chi connectivity index (χ0n) is 24.1. The van der Waals surface area contributed by atoms with Crippen molar-refractivity contribution >= 4 is 6.29 Å². The van der Waals surface area contributed by atoms with Crippen molar-refractivity contribution in [1.82, 2.24) is 0 Å². The van der Waals surface area contributed by atoms with Gasteiger partial charge in [-0.15, -0.1) is 0 Å². The Hall–Kier alpha value is -3.23. The molecule has 0 radical (unpaired) electrons. The standard InChI is InChI=1S/C35H46O2/c1-27(16-11-18-29(3)19-13-21-31(5)26-36)14-9-10-15-28(2)17-12-20-30(4)22-23-34-32(6)24-33(37)25-35(34,7)8/h9-23,26,33,37H,24-25H2,1-8H3/b10-9+,16-11+,17-12+,19-13+,23-22+,27-14+,28-15+,29-18+,30-20+,31-21+/t33-/m1/s1. The summed E-state index contributed by atoms with van der Waals surface area (Å²) in [7, 11) is 0. The van der Waals surface area contributed by atoms with Gasteiger partial charge in [-0.25, -0.2) is 0 Å². The summed E-state index contributed by atoms with van der Waals surface area (Å²) >= 11 is 0. The predicted octanol–water partition coefficient (Wildman–Crippen LogP) is 9.20. The van der Waals surface area contributed by atoms with E-state index in [1.807, 2.05) is 43.4 Å². The number of allylic oxidation sites excluding steroid dienone is 21. The molecule has 0 aliphatic heterocycles. The summed E-state index contributed by atoms with van der Waals surface area (Å²) in [5.41, 5.74) is 7.99. The van der Waals surface area contributed by atoms with Crippen molar-refractivity contribution < 1.29 is 9.90 Å². The minimum atomic E-state index is -0.228. The van der Waals surface area contributed by atoms with Crippen molar-refractivity contribution in [3.05, 3.63) is 130 Å². The van der Waals surface area contributed by atoms with Gasteiger partial charge >= 0.3 is 0 Å². The van der Waals surface area contributed by atoms with Crippen molar-refractivity contribution in [2.45, 2.75) is 74.3 Å². The molecule has 0 spiro atoms. The molecule has 0 saturated carbocycles. The maximum atomic E-state index is 10.6. The van der Waals surface area contributed by atoms with Crippen LogP contribution in [0.4, 0.5) is 0 Å². The lowest BCUT2D eigenvalue weighted by molar-refractivity contribution is -0.104. The van der Waals surface area contributed by atoms with Crippen LogP contribution in [0.15, 0.2) is 130 Å². The number of rotatable bonds is 11. The Kier molecular flexibility index (Phi) is 14.2. The number of hydrogen-bond donors (Lipinski definition) is 1. The van der Waals surface area contributed by atoms with Crippen molar-refractivity contribution in [1.29, 1.82) is 0 Å². The quantitative estimate of drug-likeness (QED) is 0.175. The van der Waals surface area contributed by atoms with Gasteiger partial charge < -0.3 is 5.11 Å². The van der Waals surface area contributed by atoms with E-state index in [-0.39, 0.29) is 11.5 Å². The summed E-state index contributed by atoms with van der Waals surface area (Å²) in [6.07, 6.45) is 33.0. The first-order chi connectivity index (χ1) is 17.4. The molecule has 0 aromatic rings. The SMILES string of the molecule is CC1=C(/C=C/C(C)=C/C=C/C(C)=C/C=C/C=C(C)/C=C/C=C(C)/C=C/C=C(\C)C=O)C(C)(C)C[C@H](O)C1. The van der Waals surface area contributed by atoms with Crippen LogP contribution in [0.3, 0.4) is 0 Å². The van der Waals surface area contributed by atoms with Crippen molar-refractivity contribution in [2.75, 3.05) is 0 Å². The molecule has 37 heavy (non-hydrogen) atoms. The molecule has 0 saturated heterocycles. The summed E-state index contributed by atoms with van der Waals surface area (Å²) in [5.74, 6) is 0. The van der Waals surface area contributed by atoms with Crippen LogP contribution in [0.2, 0.25) is 0 Å². The topological polar surface area (TPSA) is 37.3 Å². The normalized spacial score (nSPS) is 21.1. The third-order valence-electron chi connectivity index (χ3n) is 6.16. The second kappa shape index (κ2) is 16.5. The zero-order valence-corrected chi connectivity index (χ0v) is 24.1. The minimum Gasteiger partial charge on any atom is -0.393 e. The Balaban J connectivity index is 2.65. The summed E-state index contributed by atoms with van der Waals surface area (Å²) < 4.78 is 0. The Labute approximate surface area is 226 Å². The van der Waals surface area contributed by atoms with Crippen LogP contribution < -0.4 is 0 Å². The number of carbonyl (C=O) groups is 1. The number of aldehydes is 1. The molecule has 0 aromatic carbocycles. The number of hydrogen-bond acceptors (Lipinski definition) is 2. The molecule has 1 atom stereocenters. The third-order valence-corrected chi connectivity index (χ3v) is 6.16. The van der Waals surface area contributed by atoms with E-state index in [0.717, 1.165) is 30.3 Å². The van der Waals surface area contributed by atoms with Gasteiger partial charge in [0.2, 0.25) is 0 Å².